The number of hydrogen-bond donors (Lipinski definition) is 0. The molecule has 13 heavy (non-hydrogen) atoms. The molecule has 0 bridgehead atoms. The zero-order chi connectivity index (χ0) is 9.68. The van der Waals surface area contributed by atoms with E-state index in [0.717, 1.165) is 5.25 Å². The van der Waals surface area contributed by atoms with Crippen molar-refractivity contribution < 1.29 is 0 Å². The summed E-state index contributed by atoms with van der Waals surface area (Å²) in [4.78, 5) is 0. The first-order valence-corrected chi connectivity index (χ1v) is 10.1. The van der Waals surface area contributed by atoms with E-state index < -0.39 is 13.5 Å². The first-order valence-electron chi connectivity index (χ1n) is 4.73. The van der Waals surface area contributed by atoms with Gasteiger partial charge in [0.1, 0.15) is 0 Å². The molecule has 1 rings (SSSR count). The van der Waals surface area contributed by atoms with E-state index >= 15 is 0 Å². The zero-order valence-corrected chi connectivity index (χ0v) is 11.2. The second-order valence-electron chi connectivity index (χ2n) is 3.18. The van der Waals surface area contributed by atoms with Crippen molar-refractivity contribution in [2.24, 2.45) is 0 Å². The van der Waals surface area contributed by atoms with Crippen LogP contribution in [0.25, 0.3) is 0 Å². The van der Waals surface area contributed by atoms with E-state index in [1.807, 2.05) is 0 Å². The molecule has 0 aliphatic heterocycles. The fourth-order valence-corrected chi connectivity index (χ4v) is 9.31. The minimum absolute atomic E-state index is 0.778. The Morgan fingerprint density at radius 3 is 2.31 bits per heavy atom. The van der Waals surface area contributed by atoms with E-state index in [-0.39, 0.29) is 0 Å². The molecule has 1 aromatic carbocycles. The van der Waals surface area contributed by atoms with Crippen LogP contribution in [0.2, 0.25) is 5.21 Å². The van der Waals surface area contributed by atoms with Crippen LogP contribution in [-0.2, 0) is 0 Å². The topological polar surface area (TPSA) is 0 Å². The van der Waals surface area contributed by atoms with Crippen LogP contribution in [0, 0.1) is 0 Å². The fourth-order valence-electron chi connectivity index (χ4n) is 1.17. The van der Waals surface area contributed by atoms with Crippen molar-refractivity contribution in [3.05, 3.63) is 30.3 Å². The van der Waals surface area contributed by atoms with Crippen LogP contribution in [0.15, 0.2) is 30.3 Å². The Hall–Kier alpha value is 0.128. The monoisotopic (exact) mass is 256 g/mol. The quantitative estimate of drug-likeness (QED) is 0.746. The Balaban J connectivity index is 2.67. The Kier molecular flexibility index (Phi) is 4.98. The van der Waals surface area contributed by atoms with Crippen molar-refractivity contribution in [3.63, 3.8) is 0 Å². The Morgan fingerprint density at radius 1 is 1.23 bits per heavy atom. The summed E-state index contributed by atoms with van der Waals surface area (Å²) in [5, 5.41) is 2.14. The van der Waals surface area contributed by atoms with Crippen LogP contribution < -0.4 is 4.35 Å². The second-order valence-corrected chi connectivity index (χ2v) is 12.0. The van der Waals surface area contributed by atoms with E-state index in [1.165, 1.54) is 5.21 Å². The summed E-state index contributed by atoms with van der Waals surface area (Å²) < 4.78 is 1.61. The Morgan fingerprint density at radius 2 is 1.85 bits per heavy atom. The van der Waals surface area contributed by atoms with Crippen molar-refractivity contribution in [3.8, 4) is 0 Å². The molecule has 1 unspecified atom stereocenters. The molecule has 0 nitrogen and oxygen atoms in total. The zero-order valence-electron chi connectivity index (χ0n) is 8.53. The third-order valence-electron chi connectivity index (χ3n) is 1.67. The molecule has 0 saturated heterocycles. The Labute approximate surface area is 89.4 Å². The van der Waals surface area contributed by atoms with E-state index in [2.05, 4.69) is 61.1 Å². The summed E-state index contributed by atoms with van der Waals surface area (Å²) in [6.45, 7) is 6.92. The van der Waals surface area contributed by atoms with Gasteiger partial charge in [-0.25, -0.2) is 0 Å². The predicted octanol–water partition coefficient (Wildman–Crippen LogP) is 3.05. The molecule has 0 aliphatic rings. The van der Waals surface area contributed by atoms with Crippen LogP contribution in [0.4, 0.5) is 0 Å². The second kappa shape index (κ2) is 5.77. The fraction of sp³-hybridized carbons (Fsp3) is 0.455. The van der Waals surface area contributed by atoms with E-state index in [0.29, 0.717) is 0 Å². The molecule has 1 atom stereocenters. The van der Waals surface area contributed by atoms with Crippen LogP contribution >= 0.6 is 10.0 Å². The van der Waals surface area contributed by atoms with Gasteiger partial charge >= 0.3 is 89.4 Å². The molecule has 0 N–H and O–H groups in total. The average Bonchev–Trinajstić information content (AvgIpc) is 2.15. The van der Waals surface area contributed by atoms with Gasteiger partial charge < -0.3 is 0 Å². The maximum absolute atomic E-state index is 2.32. The van der Waals surface area contributed by atoms with Gasteiger partial charge in [-0.15, -0.1) is 0 Å². The molecule has 0 aliphatic carbocycles. The van der Waals surface area contributed by atoms with E-state index in [4.69, 9.17) is 0 Å². The molecular weight excluding hydrogens is 239 g/mol. The van der Waals surface area contributed by atoms with E-state index in [9.17, 15) is 0 Å². The standard InChI is InChI=1S/C11H17AsS/c1-4-12(13-10(2)3)11-8-6-5-7-9-11/h5-10H,4H2,1-3H3. The average molecular weight is 256 g/mol. The summed E-state index contributed by atoms with van der Waals surface area (Å²) in [5.74, 6) is 0. The Bertz CT molecular complexity index is 233. The van der Waals surface area contributed by atoms with Crippen LogP contribution in [0.3, 0.4) is 0 Å². The number of rotatable bonds is 4. The van der Waals surface area contributed by atoms with Crippen molar-refractivity contribution in [2.75, 3.05) is 0 Å². The summed E-state index contributed by atoms with van der Waals surface area (Å²) in [6.07, 6.45) is 0. The molecule has 0 saturated carbocycles. The summed E-state index contributed by atoms with van der Waals surface area (Å²) in [7, 11) is 2.20. The molecule has 0 fully saturated rings. The van der Waals surface area contributed by atoms with Gasteiger partial charge in [-0.2, -0.15) is 0 Å². The SMILES string of the molecule is CC[As](SC(C)C)c1ccccc1. The van der Waals surface area contributed by atoms with Crippen LogP contribution in [0.1, 0.15) is 20.8 Å². The molecule has 0 radical (unpaired) electrons. The number of hydrogen-bond acceptors (Lipinski definition) is 1. The van der Waals surface area contributed by atoms with E-state index in [1.54, 1.807) is 4.35 Å². The molecular formula is C11H17AsS. The van der Waals surface area contributed by atoms with Crippen molar-refractivity contribution in [1.29, 1.82) is 0 Å². The number of benzene rings is 1. The molecule has 0 heterocycles. The third kappa shape index (κ3) is 3.79. The molecule has 0 spiro atoms. The maximum atomic E-state index is 2.32. The predicted molar refractivity (Wildman–Crippen MR) is 65.0 cm³/mol. The molecule has 72 valence electrons. The van der Waals surface area contributed by atoms with Gasteiger partial charge in [0, 0.05) is 0 Å². The first kappa shape index (κ1) is 11.2. The summed E-state index contributed by atoms with van der Waals surface area (Å²) in [6, 6.07) is 11.0. The van der Waals surface area contributed by atoms with Gasteiger partial charge in [-0.05, 0) is 0 Å². The molecule has 1 aromatic rings. The minimum atomic E-state index is -0.781. The van der Waals surface area contributed by atoms with Gasteiger partial charge in [0.25, 0.3) is 0 Å². The van der Waals surface area contributed by atoms with Gasteiger partial charge in [-0.3, -0.25) is 0 Å². The van der Waals surface area contributed by atoms with Crippen molar-refractivity contribution in [2.45, 2.75) is 31.2 Å². The molecule has 2 heteroatoms. The van der Waals surface area contributed by atoms with Gasteiger partial charge in [-0.1, -0.05) is 0 Å². The third-order valence-corrected chi connectivity index (χ3v) is 12.1. The molecule has 0 aromatic heterocycles. The summed E-state index contributed by atoms with van der Waals surface area (Å²) in [5.41, 5.74) is 0. The van der Waals surface area contributed by atoms with Crippen molar-refractivity contribution >= 4 is 27.9 Å². The van der Waals surface area contributed by atoms with Crippen molar-refractivity contribution in [1.82, 2.24) is 0 Å². The van der Waals surface area contributed by atoms with Gasteiger partial charge in [0.2, 0.25) is 0 Å². The normalized spacial score (nSPS) is 13.2. The van der Waals surface area contributed by atoms with Gasteiger partial charge in [0.15, 0.2) is 0 Å². The first-order chi connectivity index (χ1) is 6.24. The van der Waals surface area contributed by atoms with Crippen LogP contribution in [0.5, 0.6) is 0 Å². The summed E-state index contributed by atoms with van der Waals surface area (Å²) >= 11 is -0.781. The van der Waals surface area contributed by atoms with Gasteiger partial charge in [0.05, 0.1) is 0 Å². The van der Waals surface area contributed by atoms with Crippen LogP contribution in [-0.4, -0.2) is 18.7 Å². The molecule has 0 amide bonds.